The first kappa shape index (κ1) is 14.5. The molecule has 1 amide bonds. The van der Waals surface area contributed by atoms with E-state index in [0.717, 1.165) is 5.56 Å². The zero-order valence-corrected chi connectivity index (χ0v) is 10.5. The van der Waals surface area contributed by atoms with Gasteiger partial charge in [-0.05, 0) is 19.4 Å². The minimum atomic E-state index is -0.371. The van der Waals surface area contributed by atoms with E-state index in [1.807, 2.05) is 58.0 Å². The van der Waals surface area contributed by atoms with E-state index < -0.39 is 0 Å². The molecular formula is C13H23NO2. The predicted octanol–water partition coefficient (Wildman–Crippen LogP) is 3.59. The summed E-state index contributed by atoms with van der Waals surface area (Å²) < 4.78 is 4.92. The number of ether oxygens (including phenoxy) is 1. The van der Waals surface area contributed by atoms with Gasteiger partial charge in [0.2, 0.25) is 0 Å². The molecule has 0 saturated heterocycles. The Morgan fingerprint density at radius 3 is 2.38 bits per heavy atom. The normalized spacial score (nSPS) is 9.06. The Bertz CT molecular complexity index is 289. The van der Waals surface area contributed by atoms with Crippen molar-refractivity contribution in [2.24, 2.45) is 0 Å². The highest BCUT2D eigenvalue weighted by molar-refractivity contribution is 5.67. The van der Waals surface area contributed by atoms with E-state index in [2.05, 4.69) is 5.32 Å². The monoisotopic (exact) mass is 225 g/mol. The Kier molecular flexibility index (Phi) is 7.94. The maximum atomic E-state index is 11.1. The lowest BCUT2D eigenvalue weighted by atomic mass is 10.2. The Morgan fingerprint density at radius 2 is 1.88 bits per heavy atom. The molecule has 0 radical (unpaired) electrons. The zero-order chi connectivity index (χ0) is 12.4. The van der Waals surface area contributed by atoms with Crippen molar-refractivity contribution in [1.82, 2.24) is 5.32 Å². The first-order chi connectivity index (χ1) is 7.68. The second kappa shape index (κ2) is 8.77. The largest absolute Gasteiger partial charge is 0.447 e. The molecular weight excluding hydrogens is 202 g/mol. The molecule has 0 aromatic heterocycles. The molecule has 0 unspecified atom stereocenters. The van der Waals surface area contributed by atoms with E-state index in [0.29, 0.717) is 6.54 Å². The topological polar surface area (TPSA) is 38.3 Å². The number of carbonyl (C=O) groups is 1. The Balaban J connectivity index is 0. The molecule has 0 fully saturated rings. The van der Waals surface area contributed by atoms with Crippen molar-refractivity contribution in [1.29, 1.82) is 0 Å². The number of hydrogen-bond donors (Lipinski definition) is 1. The molecule has 0 aliphatic rings. The SMILES string of the molecule is CC.CC(C)OC(=O)NCc1ccccc1.[HH]. The van der Waals surface area contributed by atoms with Crippen molar-refractivity contribution in [3.8, 4) is 0 Å². The third-order valence-electron chi connectivity index (χ3n) is 1.62. The molecule has 1 aromatic rings. The number of hydrogen-bond acceptors (Lipinski definition) is 2. The third-order valence-corrected chi connectivity index (χ3v) is 1.62. The molecule has 0 aliphatic carbocycles. The highest BCUT2D eigenvalue weighted by Gasteiger charge is 2.03. The molecule has 0 bridgehead atoms. The number of amides is 1. The van der Waals surface area contributed by atoms with Gasteiger partial charge >= 0.3 is 6.09 Å². The van der Waals surface area contributed by atoms with Crippen molar-refractivity contribution in [2.45, 2.75) is 40.3 Å². The summed E-state index contributed by atoms with van der Waals surface area (Å²) >= 11 is 0. The second-order valence-corrected chi connectivity index (χ2v) is 3.29. The maximum absolute atomic E-state index is 11.1. The summed E-state index contributed by atoms with van der Waals surface area (Å²) in [4.78, 5) is 11.1. The van der Waals surface area contributed by atoms with Gasteiger partial charge in [0, 0.05) is 7.97 Å². The van der Waals surface area contributed by atoms with Crippen LogP contribution in [0.4, 0.5) is 4.79 Å². The van der Waals surface area contributed by atoms with Gasteiger partial charge in [0.05, 0.1) is 6.10 Å². The average Bonchev–Trinajstić information content (AvgIpc) is 2.30. The molecule has 0 aliphatic heterocycles. The summed E-state index contributed by atoms with van der Waals surface area (Å²) in [5.41, 5.74) is 1.06. The molecule has 3 nitrogen and oxygen atoms in total. The second-order valence-electron chi connectivity index (χ2n) is 3.29. The fraction of sp³-hybridized carbons (Fsp3) is 0.462. The molecule has 0 atom stereocenters. The van der Waals surface area contributed by atoms with Gasteiger partial charge in [-0.15, -0.1) is 0 Å². The van der Waals surface area contributed by atoms with Crippen LogP contribution in [0.2, 0.25) is 0 Å². The number of carbonyl (C=O) groups excluding carboxylic acids is 1. The third kappa shape index (κ3) is 6.87. The van der Waals surface area contributed by atoms with Crippen LogP contribution in [0, 0.1) is 0 Å². The van der Waals surface area contributed by atoms with E-state index in [4.69, 9.17) is 4.74 Å². The van der Waals surface area contributed by atoms with Gasteiger partial charge in [-0.3, -0.25) is 0 Å². The lowest BCUT2D eigenvalue weighted by Gasteiger charge is -2.09. The van der Waals surface area contributed by atoms with Crippen molar-refractivity contribution < 1.29 is 11.0 Å². The van der Waals surface area contributed by atoms with E-state index >= 15 is 0 Å². The van der Waals surface area contributed by atoms with Crippen LogP contribution in [0.15, 0.2) is 30.3 Å². The lowest BCUT2D eigenvalue weighted by molar-refractivity contribution is 0.115. The van der Waals surface area contributed by atoms with Crippen LogP contribution in [-0.2, 0) is 11.3 Å². The summed E-state index contributed by atoms with van der Waals surface area (Å²) in [7, 11) is 0. The molecule has 0 heterocycles. The van der Waals surface area contributed by atoms with E-state index in [1.165, 1.54) is 0 Å². The average molecular weight is 225 g/mol. The Labute approximate surface area is 99.3 Å². The fourth-order valence-electron chi connectivity index (χ4n) is 1.03. The summed E-state index contributed by atoms with van der Waals surface area (Å²) in [6, 6.07) is 9.72. The summed E-state index contributed by atoms with van der Waals surface area (Å²) in [5.74, 6) is 0. The van der Waals surface area contributed by atoms with Gasteiger partial charge in [-0.25, -0.2) is 4.79 Å². The van der Waals surface area contributed by atoms with Gasteiger partial charge in [-0.1, -0.05) is 44.2 Å². The van der Waals surface area contributed by atoms with E-state index in [1.54, 1.807) is 0 Å². The molecule has 1 rings (SSSR count). The standard InChI is InChI=1S/C11H15NO2.C2H6.H2/c1-9(2)14-11(13)12-8-10-6-4-3-5-7-10;1-2;/h3-7,9H,8H2,1-2H3,(H,12,13);1-2H3;1H. The minimum absolute atomic E-state index is 0. The van der Waals surface area contributed by atoms with Gasteiger partial charge in [0.1, 0.15) is 0 Å². The summed E-state index contributed by atoms with van der Waals surface area (Å²) in [5, 5.41) is 2.67. The van der Waals surface area contributed by atoms with Crippen LogP contribution in [0.3, 0.4) is 0 Å². The highest BCUT2D eigenvalue weighted by atomic mass is 16.6. The molecule has 0 saturated carbocycles. The maximum Gasteiger partial charge on any atom is 0.407 e. The zero-order valence-electron chi connectivity index (χ0n) is 10.5. The predicted molar refractivity (Wildman–Crippen MR) is 68.4 cm³/mol. The van der Waals surface area contributed by atoms with Gasteiger partial charge in [0.25, 0.3) is 0 Å². The Morgan fingerprint density at radius 1 is 1.31 bits per heavy atom. The molecule has 1 aromatic carbocycles. The van der Waals surface area contributed by atoms with Crippen molar-refractivity contribution in [3.63, 3.8) is 0 Å². The first-order valence-electron chi connectivity index (χ1n) is 5.67. The van der Waals surface area contributed by atoms with Crippen LogP contribution < -0.4 is 5.32 Å². The van der Waals surface area contributed by atoms with Crippen molar-refractivity contribution >= 4 is 6.09 Å². The van der Waals surface area contributed by atoms with E-state index in [-0.39, 0.29) is 13.6 Å². The molecule has 1 N–H and O–H groups in total. The van der Waals surface area contributed by atoms with Crippen LogP contribution in [0.25, 0.3) is 0 Å². The van der Waals surface area contributed by atoms with Gasteiger partial charge in [-0.2, -0.15) is 0 Å². The smallest absolute Gasteiger partial charge is 0.407 e. The van der Waals surface area contributed by atoms with Crippen LogP contribution in [0.1, 0.15) is 34.7 Å². The quantitative estimate of drug-likeness (QED) is 0.853. The number of benzene rings is 1. The summed E-state index contributed by atoms with van der Waals surface area (Å²) in [6.45, 7) is 8.15. The molecule has 92 valence electrons. The van der Waals surface area contributed by atoms with Crippen LogP contribution in [-0.4, -0.2) is 12.2 Å². The first-order valence-corrected chi connectivity index (χ1v) is 5.67. The minimum Gasteiger partial charge on any atom is -0.447 e. The molecule has 16 heavy (non-hydrogen) atoms. The number of nitrogens with one attached hydrogen (secondary N) is 1. The summed E-state index contributed by atoms with van der Waals surface area (Å²) in [6.07, 6.45) is -0.449. The number of alkyl carbamates (subject to hydrolysis) is 1. The fourth-order valence-corrected chi connectivity index (χ4v) is 1.03. The van der Waals surface area contributed by atoms with Crippen LogP contribution >= 0.6 is 0 Å². The molecule has 0 spiro atoms. The van der Waals surface area contributed by atoms with Crippen molar-refractivity contribution in [3.05, 3.63) is 35.9 Å². The molecule has 3 heteroatoms. The number of rotatable bonds is 3. The van der Waals surface area contributed by atoms with Crippen molar-refractivity contribution in [2.75, 3.05) is 0 Å². The lowest BCUT2D eigenvalue weighted by Crippen LogP contribution is -2.26. The van der Waals surface area contributed by atoms with Gasteiger partial charge < -0.3 is 10.1 Å². The highest BCUT2D eigenvalue weighted by Crippen LogP contribution is 1.97. The van der Waals surface area contributed by atoms with Crippen LogP contribution in [0.5, 0.6) is 0 Å². The Hall–Kier alpha value is -1.51. The van der Waals surface area contributed by atoms with E-state index in [9.17, 15) is 4.79 Å². The van der Waals surface area contributed by atoms with Gasteiger partial charge in [0.15, 0.2) is 0 Å².